The lowest BCUT2D eigenvalue weighted by atomic mass is 10.0. The summed E-state index contributed by atoms with van der Waals surface area (Å²) < 4.78 is 0. The van der Waals surface area contributed by atoms with Crippen molar-refractivity contribution in [2.45, 2.75) is 33.7 Å². The van der Waals surface area contributed by atoms with Crippen LogP contribution in [0.5, 0.6) is 0 Å². The number of nitrogens with one attached hydrogen (secondary N) is 4. The highest BCUT2D eigenvalue weighted by atomic mass is 16.2. The summed E-state index contributed by atoms with van der Waals surface area (Å²) >= 11 is 0. The largest absolute Gasteiger partial charge is 0.341 e. The van der Waals surface area contributed by atoms with Crippen molar-refractivity contribution in [3.05, 3.63) is 64.2 Å². The lowest BCUT2D eigenvalue weighted by Crippen LogP contribution is -3.27. The molecule has 0 aliphatic carbocycles. The summed E-state index contributed by atoms with van der Waals surface area (Å²) in [6, 6.07) is 12.7. The van der Waals surface area contributed by atoms with Gasteiger partial charge < -0.3 is 20.4 Å². The standard InChI is InChI=1S/C25H34N4O2/c1-17-6-8-21(9-7-17)22(29-12-10-28(5)11-13-29)16-26-24(30)25(31)27-23-19(3)14-18(2)15-20(23)4/h6-9,14-15,22H,10-13,16H2,1-5H3,(H,26,30)(H,27,31)/p+2/t22-/m1/s1. The number of anilines is 1. The van der Waals surface area contributed by atoms with Gasteiger partial charge in [-0.2, -0.15) is 0 Å². The number of quaternary nitrogens is 2. The number of aryl methyl sites for hydroxylation is 4. The van der Waals surface area contributed by atoms with Crippen molar-refractivity contribution in [1.82, 2.24) is 5.32 Å². The van der Waals surface area contributed by atoms with E-state index in [-0.39, 0.29) is 6.04 Å². The van der Waals surface area contributed by atoms with E-state index in [1.165, 1.54) is 16.0 Å². The van der Waals surface area contributed by atoms with Crippen LogP contribution in [0.15, 0.2) is 36.4 Å². The average Bonchev–Trinajstić information content (AvgIpc) is 2.72. The Hall–Kier alpha value is -2.70. The Labute approximate surface area is 185 Å². The van der Waals surface area contributed by atoms with Gasteiger partial charge in [-0.15, -0.1) is 0 Å². The van der Waals surface area contributed by atoms with Gasteiger partial charge in [-0.25, -0.2) is 0 Å². The number of benzene rings is 2. The summed E-state index contributed by atoms with van der Waals surface area (Å²) in [4.78, 5) is 28.2. The molecular formula is C25H36N4O2+2. The highest BCUT2D eigenvalue weighted by Crippen LogP contribution is 2.21. The molecule has 31 heavy (non-hydrogen) atoms. The molecule has 6 nitrogen and oxygen atoms in total. The smallest absolute Gasteiger partial charge is 0.313 e. The van der Waals surface area contributed by atoms with E-state index in [1.807, 2.05) is 32.9 Å². The maximum absolute atomic E-state index is 12.6. The fourth-order valence-electron chi connectivity index (χ4n) is 4.47. The molecule has 0 radical (unpaired) electrons. The number of likely N-dealkylation sites (N-methyl/N-ethyl adjacent to an activating group) is 1. The van der Waals surface area contributed by atoms with Gasteiger partial charge in [0.15, 0.2) is 0 Å². The van der Waals surface area contributed by atoms with Gasteiger partial charge in [0.25, 0.3) is 0 Å². The first-order valence-corrected chi connectivity index (χ1v) is 11.1. The Kier molecular flexibility index (Phi) is 7.46. The SMILES string of the molecule is Cc1ccc([C@@H](CNC(=O)C(=O)Nc2c(C)cc(C)cc2C)[NH+]2CC[NH+](C)CC2)cc1. The molecule has 0 bridgehead atoms. The fourth-order valence-corrected chi connectivity index (χ4v) is 4.47. The number of hydrogen-bond acceptors (Lipinski definition) is 2. The summed E-state index contributed by atoms with van der Waals surface area (Å²) in [7, 11) is 2.22. The highest BCUT2D eigenvalue weighted by Gasteiger charge is 2.30. The first kappa shape index (κ1) is 23.0. The summed E-state index contributed by atoms with van der Waals surface area (Å²) in [6.45, 7) is 12.7. The minimum atomic E-state index is -0.615. The van der Waals surface area contributed by atoms with Crippen molar-refractivity contribution in [3.8, 4) is 0 Å². The predicted octanol–water partition coefficient (Wildman–Crippen LogP) is 0.129. The van der Waals surface area contributed by atoms with Gasteiger partial charge in [-0.3, -0.25) is 9.59 Å². The van der Waals surface area contributed by atoms with E-state index in [2.05, 4.69) is 48.9 Å². The number of amides is 2. The topological polar surface area (TPSA) is 67.1 Å². The average molecular weight is 425 g/mol. The molecule has 0 unspecified atom stereocenters. The first-order valence-electron chi connectivity index (χ1n) is 11.1. The Balaban J connectivity index is 1.68. The van der Waals surface area contributed by atoms with Crippen molar-refractivity contribution in [1.29, 1.82) is 0 Å². The van der Waals surface area contributed by atoms with Crippen LogP contribution in [0.2, 0.25) is 0 Å². The molecule has 0 aromatic heterocycles. The van der Waals surface area contributed by atoms with Gasteiger partial charge in [0.05, 0.1) is 13.6 Å². The maximum atomic E-state index is 12.6. The molecule has 1 atom stereocenters. The quantitative estimate of drug-likeness (QED) is 0.516. The zero-order valence-corrected chi connectivity index (χ0v) is 19.4. The van der Waals surface area contributed by atoms with E-state index in [4.69, 9.17) is 0 Å². The lowest BCUT2D eigenvalue weighted by Gasteiger charge is -2.33. The van der Waals surface area contributed by atoms with Crippen LogP contribution in [0.4, 0.5) is 5.69 Å². The summed E-state index contributed by atoms with van der Waals surface area (Å²) in [6.07, 6.45) is 0. The predicted molar refractivity (Wildman–Crippen MR) is 124 cm³/mol. The Morgan fingerprint density at radius 1 is 0.871 bits per heavy atom. The van der Waals surface area contributed by atoms with Crippen molar-refractivity contribution in [3.63, 3.8) is 0 Å². The van der Waals surface area contributed by atoms with Crippen LogP contribution in [0.25, 0.3) is 0 Å². The molecule has 2 aromatic carbocycles. The van der Waals surface area contributed by atoms with Gasteiger partial charge in [0, 0.05) is 11.3 Å². The zero-order chi connectivity index (χ0) is 22.5. The summed E-state index contributed by atoms with van der Waals surface area (Å²) in [5.41, 5.74) is 6.18. The third-order valence-corrected chi connectivity index (χ3v) is 6.31. The first-order chi connectivity index (χ1) is 14.7. The third-order valence-electron chi connectivity index (χ3n) is 6.31. The monoisotopic (exact) mass is 424 g/mol. The van der Waals surface area contributed by atoms with E-state index >= 15 is 0 Å². The second kappa shape index (κ2) is 10.1. The van der Waals surface area contributed by atoms with Crippen molar-refractivity contribution in [2.24, 2.45) is 0 Å². The molecular weight excluding hydrogens is 388 g/mol. The molecule has 4 N–H and O–H groups in total. The number of rotatable bonds is 5. The molecule has 1 saturated heterocycles. The zero-order valence-electron chi connectivity index (χ0n) is 19.4. The molecule has 0 spiro atoms. The molecule has 6 heteroatoms. The van der Waals surface area contributed by atoms with E-state index < -0.39 is 11.8 Å². The van der Waals surface area contributed by atoms with Gasteiger partial charge in [-0.05, 0) is 38.8 Å². The second-order valence-electron chi connectivity index (χ2n) is 9.02. The molecule has 2 amide bonds. The highest BCUT2D eigenvalue weighted by molar-refractivity contribution is 6.39. The maximum Gasteiger partial charge on any atom is 0.313 e. The number of carbonyl (C=O) groups excluding carboxylic acids is 2. The van der Waals surface area contributed by atoms with Crippen LogP contribution in [-0.2, 0) is 9.59 Å². The Bertz CT molecular complexity index is 908. The molecule has 1 aliphatic rings. The van der Waals surface area contributed by atoms with E-state index in [9.17, 15) is 9.59 Å². The van der Waals surface area contributed by atoms with Crippen molar-refractivity contribution >= 4 is 17.5 Å². The van der Waals surface area contributed by atoms with Gasteiger partial charge in [0.1, 0.15) is 32.2 Å². The molecule has 1 fully saturated rings. The molecule has 3 rings (SSSR count). The molecule has 2 aromatic rings. The van der Waals surface area contributed by atoms with E-state index in [1.54, 1.807) is 4.90 Å². The van der Waals surface area contributed by atoms with Gasteiger partial charge in [0.2, 0.25) is 0 Å². The molecule has 1 aliphatic heterocycles. The van der Waals surface area contributed by atoms with Crippen LogP contribution >= 0.6 is 0 Å². The minimum absolute atomic E-state index is 0.133. The van der Waals surface area contributed by atoms with Crippen LogP contribution in [0, 0.1) is 27.7 Å². The number of piperazine rings is 1. The van der Waals surface area contributed by atoms with E-state index in [0.717, 1.165) is 42.9 Å². The molecule has 0 saturated carbocycles. The van der Waals surface area contributed by atoms with Crippen molar-refractivity contribution < 1.29 is 19.4 Å². The normalized spacial score (nSPS) is 19.5. The van der Waals surface area contributed by atoms with E-state index in [0.29, 0.717) is 12.2 Å². The van der Waals surface area contributed by atoms with Crippen molar-refractivity contribution in [2.75, 3.05) is 45.1 Å². The fraction of sp³-hybridized carbons (Fsp3) is 0.440. The van der Waals surface area contributed by atoms with Gasteiger partial charge in [-0.1, -0.05) is 47.5 Å². The summed E-state index contributed by atoms with van der Waals surface area (Å²) in [5.74, 6) is -1.20. The van der Waals surface area contributed by atoms with Crippen LogP contribution in [-0.4, -0.2) is 51.6 Å². The minimum Gasteiger partial charge on any atom is -0.341 e. The number of hydrogen-bond donors (Lipinski definition) is 4. The Morgan fingerprint density at radius 2 is 1.45 bits per heavy atom. The summed E-state index contributed by atoms with van der Waals surface area (Å²) in [5, 5.41) is 5.70. The van der Waals surface area contributed by atoms with Crippen LogP contribution in [0.3, 0.4) is 0 Å². The van der Waals surface area contributed by atoms with Crippen LogP contribution < -0.4 is 20.4 Å². The molecule has 1 heterocycles. The van der Waals surface area contributed by atoms with Gasteiger partial charge >= 0.3 is 11.8 Å². The molecule has 166 valence electrons. The second-order valence-corrected chi connectivity index (χ2v) is 9.02. The third kappa shape index (κ3) is 5.93. The Morgan fingerprint density at radius 3 is 2.03 bits per heavy atom. The number of carbonyl (C=O) groups is 2. The lowest BCUT2D eigenvalue weighted by molar-refractivity contribution is -1.02. The van der Waals surface area contributed by atoms with Crippen LogP contribution in [0.1, 0.15) is 33.9 Å².